The lowest BCUT2D eigenvalue weighted by Gasteiger charge is -2.18. The van der Waals surface area contributed by atoms with Gasteiger partial charge >= 0.3 is 0 Å². The van der Waals surface area contributed by atoms with Gasteiger partial charge in [-0.3, -0.25) is 19.7 Å². The smallest absolute Gasteiger partial charge is 0.253 e. The number of nitrogens with zero attached hydrogens (tertiary/aromatic N) is 3. The number of pyridine rings is 2. The minimum atomic E-state index is -0.115. The molecule has 0 saturated heterocycles. The van der Waals surface area contributed by atoms with Gasteiger partial charge in [-0.15, -0.1) is 6.58 Å². The van der Waals surface area contributed by atoms with Gasteiger partial charge in [-0.2, -0.15) is 0 Å². The van der Waals surface area contributed by atoms with Crippen LogP contribution in [-0.4, -0.2) is 47.0 Å². The minimum Gasteiger partial charge on any atom is -0.352 e. The first-order chi connectivity index (χ1) is 11.8. The van der Waals surface area contributed by atoms with E-state index >= 15 is 0 Å². The molecule has 0 atom stereocenters. The van der Waals surface area contributed by atoms with Crippen LogP contribution in [0.25, 0.3) is 11.4 Å². The molecule has 0 spiro atoms. The molecule has 0 fully saturated rings. The highest BCUT2D eigenvalue weighted by Gasteiger charge is 2.14. The Labute approximate surface area is 143 Å². The molecule has 0 aliphatic carbocycles. The second-order valence-electron chi connectivity index (χ2n) is 5.41. The van der Waals surface area contributed by atoms with Crippen molar-refractivity contribution in [2.75, 3.05) is 26.2 Å². The summed E-state index contributed by atoms with van der Waals surface area (Å²) in [6.07, 6.45) is 6.17. The van der Waals surface area contributed by atoms with Crippen LogP contribution >= 0.6 is 0 Å². The summed E-state index contributed by atoms with van der Waals surface area (Å²) in [6, 6.07) is 9.13. The van der Waals surface area contributed by atoms with Crippen LogP contribution in [-0.2, 0) is 0 Å². The Morgan fingerprint density at radius 2 is 2.08 bits per heavy atom. The van der Waals surface area contributed by atoms with Crippen molar-refractivity contribution in [1.82, 2.24) is 20.2 Å². The van der Waals surface area contributed by atoms with Crippen LogP contribution in [0.3, 0.4) is 0 Å². The Bertz CT molecular complexity index is 657. The third kappa shape index (κ3) is 4.99. The van der Waals surface area contributed by atoms with E-state index in [9.17, 15) is 4.79 Å². The number of hydrogen-bond acceptors (Lipinski definition) is 4. The van der Waals surface area contributed by atoms with E-state index < -0.39 is 0 Å². The number of carbonyl (C=O) groups excluding carboxylic acids is 1. The number of rotatable bonds is 9. The van der Waals surface area contributed by atoms with Crippen molar-refractivity contribution >= 4 is 5.91 Å². The van der Waals surface area contributed by atoms with Crippen LogP contribution in [0.1, 0.15) is 23.7 Å². The molecule has 126 valence electrons. The quantitative estimate of drug-likeness (QED) is 0.569. The van der Waals surface area contributed by atoms with Gasteiger partial charge in [0.1, 0.15) is 5.69 Å². The van der Waals surface area contributed by atoms with Gasteiger partial charge in [-0.05, 0) is 37.2 Å². The number of likely N-dealkylation sites (N-methyl/N-ethyl adjacent to an activating group) is 1. The summed E-state index contributed by atoms with van der Waals surface area (Å²) >= 11 is 0. The maximum absolute atomic E-state index is 12.5. The van der Waals surface area contributed by atoms with E-state index in [0.717, 1.165) is 26.1 Å². The number of amides is 1. The Hall–Kier alpha value is -2.53. The standard InChI is InChI=1S/C19H24N4O/c1-3-14-23(4-2)15-8-13-22-19(24)16-9-7-12-21-18(16)17-10-5-6-11-20-17/h3,5-7,9-12H,1,4,8,13-15H2,2H3,(H,22,24). The van der Waals surface area contributed by atoms with Gasteiger partial charge in [0.15, 0.2) is 0 Å². The Kier molecular flexibility index (Phi) is 7.11. The Morgan fingerprint density at radius 3 is 2.79 bits per heavy atom. The summed E-state index contributed by atoms with van der Waals surface area (Å²) in [5.41, 5.74) is 1.86. The van der Waals surface area contributed by atoms with Crippen molar-refractivity contribution in [3.05, 3.63) is 60.9 Å². The number of nitrogens with one attached hydrogen (secondary N) is 1. The van der Waals surface area contributed by atoms with Crippen molar-refractivity contribution in [1.29, 1.82) is 0 Å². The topological polar surface area (TPSA) is 58.1 Å². The number of aromatic nitrogens is 2. The number of carbonyl (C=O) groups is 1. The summed E-state index contributed by atoms with van der Waals surface area (Å²) in [6.45, 7) is 9.29. The lowest BCUT2D eigenvalue weighted by molar-refractivity contribution is 0.0952. The largest absolute Gasteiger partial charge is 0.352 e. The van der Waals surface area contributed by atoms with Crippen molar-refractivity contribution in [3.63, 3.8) is 0 Å². The molecule has 5 heteroatoms. The monoisotopic (exact) mass is 324 g/mol. The van der Waals surface area contributed by atoms with Crippen LogP contribution in [0.4, 0.5) is 0 Å². The van der Waals surface area contributed by atoms with Gasteiger partial charge in [0.2, 0.25) is 0 Å². The Morgan fingerprint density at radius 1 is 1.25 bits per heavy atom. The highest BCUT2D eigenvalue weighted by atomic mass is 16.1. The van der Waals surface area contributed by atoms with Gasteiger partial charge in [0.05, 0.1) is 11.3 Å². The molecule has 24 heavy (non-hydrogen) atoms. The molecule has 0 unspecified atom stereocenters. The molecule has 1 amide bonds. The molecule has 1 N–H and O–H groups in total. The summed E-state index contributed by atoms with van der Waals surface area (Å²) in [7, 11) is 0. The highest BCUT2D eigenvalue weighted by Crippen LogP contribution is 2.18. The zero-order valence-electron chi connectivity index (χ0n) is 14.1. The second-order valence-corrected chi connectivity index (χ2v) is 5.41. The van der Waals surface area contributed by atoms with E-state index in [1.807, 2.05) is 24.3 Å². The summed E-state index contributed by atoms with van der Waals surface area (Å²) in [5, 5.41) is 2.97. The van der Waals surface area contributed by atoms with Crippen LogP contribution in [0.15, 0.2) is 55.4 Å². The van der Waals surface area contributed by atoms with Crippen molar-refractivity contribution in [3.8, 4) is 11.4 Å². The van der Waals surface area contributed by atoms with Gasteiger partial charge < -0.3 is 5.32 Å². The first kappa shape index (κ1) is 17.8. The van der Waals surface area contributed by atoms with Gasteiger partial charge in [-0.25, -0.2) is 0 Å². The number of hydrogen-bond donors (Lipinski definition) is 1. The lowest BCUT2D eigenvalue weighted by Crippen LogP contribution is -2.30. The van der Waals surface area contributed by atoms with Crippen LogP contribution in [0.5, 0.6) is 0 Å². The molecule has 2 heterocycles. The lowest BCUT2D eigenvalue weighted by atomic mass is 10.1. The van der Waals surface area contributed by atoms with Crippen molar-refractivity contribution < 1.29 is 4.79 Å². The van der Waals surface area contributed by atoms with E-state index in [0.29, 0.717) is 23.5 Å². The average molecular weight is 324 g/mol. The summed E-state index contributed by atoms with van der Waals surface area (Å²) < 4.78 is 0. The van der Waals surface area contributed by atoms with Crippen molar-refractivity contribution in [2.45, 2.75) is 13.3 Å². The summed E-state index contributed by atoms with van der Waals surface area (Å²) in [4.78, 5) is 23.4. The normalized spacial score (nSPS) is 10.6. The maximum Gasteiger partial charge on any atom is 0.253 e. The van der Waals surface area contributed by atoms with Crippen molar-refractivity contribution in [2.24, 2.45) is 0 Å². The fourth-order valence-corrected chi connectivity index (χ4v) is 2.46. The van der Waals surface area contributed by atoms with Gasteiger partial charge in [-0.1, -0.05) is 19.1 Å². The van der Waals surface area contributed by atoms with Gasteiger partial charge in [0.25, 0.3) is 5.91 Å². The average Bonchev–Trinajstić information content (AvgIpc) is 2.64. The fraction of sp³-hybridized carbons (Fsp3) is 0.316. The predicted octanol–water partition coefficient (Wildman–Crippen LogP) is 2.77. The molecular weight excluding hydrogens is 300 g/mol. The molecule has 0 saturated carbocycles. The van der Waals surface area contributed by atoms with E-state index in [4.69, 9.17) is 0 Å². The molecule has 2 rings (SSSR count). The summed E-state index contributed by atoms with van der Waals surface area (Å²) in [5.74, 6) is -0.115. The molecule has 2 aromatic heterocycles. The molecule has 5 nitrogen and oxygen atoms in total. The molecule has 0 aliphatic rings. The maximum atomic E-state index is 12.5. The minimum absolute atomic E-state index is 0.115. The van der Waals surface area contributed by atoms with E-state index in [-0.39, 0.29) is 5.91 Å². The molecule has 0 bridgehead atoms. The first-order valence-electron chi connectivity index (χ1n) is 8.24. The molecular formula is C19H24N4O. The van der Waals surface area contributed by atoms with E-state index in [2.05, 4.69) is 33.7 Å². The third-order valence-corrected chi connectivity index (χ3v) is 3.73. The first-order valence-corrected chi connectivity index (χ1v) is 8.24. The predicted molar refractivity (Wildman–Crippen MR) is 96.7 cm³/mol. The van der Waals surface area contributed by atoms with Gasteiger partial charge in [0, 0.05) is 32.0 Å². The molecule has 2 aromatic rings. The van der Waals surface area contributed by atoms with E-state index in [1.54, 1.807) is 24.5 Å². The Balaban J connectivity index is 1.95. The molecule has 0 radical (unpaired) electrons. The zero-order chi connectivity index (χ0) is 17.2. The molecule has 0 aromatic carbocycles. The third-order valence-electron chi connectivity index (χ3n) is 3.73. The highest BCUT2D eigenvalue weighted by molar-refractivity contribution is 5.99. The fourth-order valence-electron chi connectivity index (χ4n) is 2.46. The van der Waals surface area contributed by atoms with Crippen LogP contribution < -0.4 is 5.32 Å². The van der Waals surface area contributed by atoms with Crippen LogP contribution in [0.2, 0.25) is 0 Å². The second kappa shape index (κ2) is 9.57. The zero-order valence-corrected chi connectivity index (χ0v) is 14.1. The molecule has 0 aliphatic heterocycles. The van der Waals surface area contributed by atoms with E-state index in [1.165, 1.54) is 0 Å². The van der Waals surface area contributed by atoms with Crippen LogP contribution in [0, 0.1) is 0 Å². The SMILES string of the molecule is C=CCN(CC)CCCNC(=O)c1cccnc1-c1ccccn1.